The number of carboxylic acid groups (broad SMARTS) is 1. The smallest absolute Gasteiger partial charge is 0.317 e. The Labute approximate surface area is 161 Å². The van der Waals surface area contributed by atoms with Crippen molar-refractivity contribution in [3.05, 3.63) is 23.4 Å². The third-order valence-electron chi connectivity index (χ3n) is 6.03. The zero-order chi connectivity index (χ0) is 19.3. The van der Waals surface area contributed by atoms with Crippen LogP contribution in [0.2, 0.25) is 0 Å². The van der Waals surface area contributed by atoms with Gasteiger partial charge in [-0.25, -0.2) is 4.98 Å². The van der Waals surface area contributed by atoms with E-state index in [0.717, 1.165) is 56.6 Å². The van der Waals surface area contributed by atoms with Gasteiger partial charge in [0.15, 0.2) is 0 Å². The molecular weight excluding hydrogens is 342 g/mol. The third kappa shape index (κ3) is 5.28. The van der Waals surface area contributed by atoms with Crippen molar-refractivity contribution in [2.75, 3.05) is 31.5 Å². The van der Waals surface area contributed by atoms with Crippen molar-refractivity contribution >= 4 is 17.6 Å². The number of Topliss-reactive ketones (excluding diaryl/α,β-unsaturated/α-hetero) is 1. The predicted octanol–water partition coefficient (Wildman–Crippen LogP) is 2.91. The van der Waals surface area contributed by atoms with E-state index in [9.17, 15) is 9.59 Å². The molecule has 0 aromatic carbocycles. The van der Waals surface area contributed by atoms with Crippen LogP contribution in [0.5, 0.6) is 0 Å². The highest BCUT2D eigenvalue weighted by molar-refractivity contribution is 5.84. The molecule has 0 saturated carbocycles. The van der Waals surface area contributed by atoms with Crippen LogP contribution in [0.3, 0.4) is 0 Å². The van der Waals surface area contributed by atoms with Gasteiger partial charge in [0.25, 0.3) is 0 Å². The number of piperidine rings is 1. The van der Waals surface area contributed by atoms with E-state index in [-0.39, 0.29) is 12.0 Å². The number of nitrogens with one attached hydrogen (secondary N) is 1. The summed E-state index contributed by atoms with van der Waals surface area (Å²) in [7, 11) is 0. The van der Waals surface area contributed by atoms with Crippen molar-refractivity contribution < 1.29 is 14.7 Å². The summed E-state index contributed by atoms with van der Waals surface area (Å²) >= 11 is 0. The minimum Gasteiger partial charge on any atom is -0.480 e. The Morgan fingerprint density at radius 1 is 1.26 bits per heavy atom. The SMILES string of the molecule is CC1(C(=O)CCCCc2ccc3c(n2)NCCC3)CCN(CC(=O)O)CC1. The number of fused-ring (bicyclic) bond motifs is 1. The first kappa shape index (κ1) is 19.8. The molecule has 0 atom stereocenters. The number of aromatic nitrogens is 1. The van der Waals surface area contributed by atoms with Crippen LogP contribution < -0.4 is 5.32 Å². The fourth-order valence-electron chi connectivity index (χ4n) is 4.08. The van der Waals surface area contributed by atoms with E-state index in [1.165, 1.54) is 12.0 Å². The highest BCUT2D eigenvalue weighted by atomic mass is 16.4. The summed E-state index contributed by atoms with van der Waals surface area (Å²) in [5.74, 6) is 0.573. The van der Waals surface area contributed by atoms with Gasteiger partial charge < -0.3 is 10.4 Å². The number of carbonyl (C=O) groups is 2. The van der Waals surface area contributed by atoms with E-state index >= 15 is 0 Å². The van der Waals surface area contributed by atoms with Crippen LogP contribution in [0.25, 0.3) is 0 Å². The summed E-state index contributed by atoms with van der Waals surface area (Å²) in [4.78, 5) is 30.1. The number of likely N-dealkylation sites (tertiary alicyclic amines) is 1. The van der Waals surface area contributed by atoms with E-state index in [2.05, 4.69) is 17.4 Å². The molecule has 3 rings (SSSR count). The molecule has 0 bridgehead atoms. The summed E-state index contributed by atoms with van der Waals surface area (Å²) in [5.41, 5.74) is 2.12. The number of carbonyl (C=O) groups excluding carboxylic acids is 1. The fraction of sp³-hybridized carbons (Fsp3) is 0.667. The molecule has 27 heavy (non-hydrogen) atoms. The lowest BCUT2D eigenvalue weighted by atomic mass is 9.75. The zero-order valence-corrected chi connectivity index (χ0v) is 16.3. The number of hydrogen-bond acceptors (Lipinski definition) is 5. The van der Waals surface area contributed by atoms with Crippen LogP contribution in [0.1, 0.15) is 56.7 Å². The second-order valence-electron chi connectivity index (χ2n) is 8.20. The van der Waals surface area contributed by atoms with Gasteiger partial charge in [-0.05, 0) is 69.7 Å². The Kier molecular flexibility index (Phi) is 6.47. The van der Waals surface area contributed by atoms with Crippen LogP contribution >= 0.6 is 0 Å². The lowest BCUT2D eigenvalue weighted by Gasteiger charge is -2.37. The monoisotopic (exact) mass is 373 g/mol. The number of ketones is 1. The Bertz CT molecular complexity index is 681. The second-order valence-corrected chi connectivity index (χ2v) is 8.20. The lowest BCUT2D eigenvalue weighted by molar-refractivity contribution is -0.139. The van der Waals surface area contributed by atoms with Crippen LogP contribution in [0.15, 0.2) is 12.1 Å². The number of carboxylic acids is 1. The number of anilines is 1. The van der Waals surface area contributed by atoms with Crippen LogP contribution in [0.4, 0.5) is 5.82 Å². The molecule has 2 aliphatic rings. The number of aryl methyl sites for hydroxylation is 2. The van der Waals surface area contributed by atoms with Gasteiger partial charge in [-0.2, -0.15) is 0 Å². The van der Waals surface area contributed by atoms with Crippen molar-refractivity contribution in [2.24, 2.45) is 5.41 Å². The third-order valence-corrected chi connectivity index (χ3v) is 6.03. The maximum atomic E-state index is 12.7. The molecule has 1 fully saturated rings. The van der Waals surface area contributed by atoms with Gasteiger partial charge in [-0.1, -0.05) is 13.0 Å². The molecule has 0 aliphatic carbocycles. The maximum Gasteiger partial charge on any atom is 0.317 e. The molecule has 1 aromatic rings. The Morgan fingerprint density at radius 3 is 2.78 bits per heavy atom. The summed E-state index contributed by atoms with van der Waals surface area (Å²) < 4.78 is 0. The van der Waals surface area contributed by atoms with Crippen molar-refractivity contribution in [2.45, 2.75) is 58.3 Å². The summed E-state index contributed by atoms with van der Waals surface area (Å²) in [6, 6.07) is 4.30. The molecular formula is C21H31N3O3. The molecule has 2 N–H and O–H groups in total. The number of aliphatic carboxylic acids is 1. The van der Waals surface area contributed by atoms with E-state index in [4.69, 9.17) is 10.1 Å². The van der Waals surface area contributed by atoms with E-state index in [0.29, 0.717) is 25.3 Å². The average Bonchev–Trinajstić information content (AvgIpc) is 2.66. The minimum absolute atomic E-state index is 0.0763. The number of unbranched alkanes of at least 4 members (excludes halogenated alkanes) is 1. The van der Waals surface area contributed by atoms with Crippen molar-refractivity contribution in [3.8, 4) is 0 Å². The maximum absolute atomic E-state index is 12.7. The largest absolute Gasteiger partial charge is 0.480 e. The lowest BCUT2D eigenvalue weighted by Crippen LogP contribution is -2.44. The highest BCUT2D eigenvalue weighted by Gasteiger charge is 2.36. The van der Waals surface area contributed by atoms with Crippen LogP contribution in [-0.4, -0.2) is 52.9 Å². The molecule has 1 saturated heterocycles. The van der Waals surface area contributed by atoms with Gasteiger partial charge in [-0.3, -0.25) is 14.5 Å². The number of rotatable bonds is 8. The minimum atomic E-state index is -0.795. The molecule has 148 valence electrons. The van der Waals surface area contributed by atoms with Gasteiger partial charge in [0, 0.05) is 24.1 Å². The molecule has 0 radical (unpaired) electrons. The molecule has 6 heteroatoms. The van der Waals surface area contributed by atoms with Gasteiger partial charge in [0.2, 0.25) is 0 Å². The average molecular weight is 373 g/mol. The number of hydrogen-bond donors (Lipinski definition) is 2. The van der Waals surface area contributed by atoms with E-state index in [1.54, 1.807) is 0 Å². The van der Waals surface area contributed by atoms with E-state index < -0.39 is 5.97 Å². The first-order chi connectivity index (χ1) is 13.0. The fourth-order valence-corrected chi connectivity index (χ4v) is 4.08. The molecule has 0 unspecified atom stereocenters. The van der Waals surface area contributed by atoms with Crippen molar-refractivity contribution in [1.29, 1.82) is 0 Å². The van der Waals surface area contributed by atoms with Gasteiger partial charge >= 0.3 is 5.97 Å². The zero-order valence-electron chi connectivity index (χ0n) is 16.3. The Balaban J connectivity index is 1.40. The van der Waals surface area contributed by atoms with Gasteiger partial charge in [0.05, 0.1) is 6.54 Å². The van der Waals surface area contributed by atoms with Gasteiger partial charge in [0.1, 0.15) is 11.6 Å². The summed E-state index contributed by atoms with van der Waals surface area (Å²) in [5, 5.41) is 12.3. The number of pyridine rings is 1. The first-order valence-corrected chi connectivity index (χ1v) is 10.2. The molecule has 6 nitrogen and oxygen atoms in total. The Morgan fingerprint density at radius 2 is 2.04 bits per heavy atom. The van der Waals surface area contributed by atoms with Crippen molar-refractivity contribution in [3.63, 3.8) is 0 Å². The second kappa shape index (κ2) is 8.83. The standard InChI is InChI=1S/C21H31N3O3/c1-21(10-13-24(14-11-21)15-19(26)27)18(25)7-3-2-6-17-9-8-16-5-4-12-22-20(16)23-17/h8-9H,2-7,10-15H2,1H3,(H,22,23)(H,26,27). The quantitative estimate of drug-likeness (QED) is 0.682. The molecule has 0 spiro atoms. The highest BCUT2D eigenvalue weighted by Crippen LogP contribution is 2.33. The Hall–Kier alpha value is -1.95. The summed E-state index contributed by atoms with van der Waals surface area (Å²) in [6.07, 6.45) is 7.17. The topological polar surface area (TPSA) is 82.5 Å². The van der Waals surface area contributed by atoms with Crippen molar-refractivity contribution in [1.82, 2.24) is 9.88 Å². The molecule has 1 aromatic heterocycles. The summed E-state index contributed by atoms with van der Waals surface area (Å²) in [6.45, 7) is 4.51. The number of nitrogens with zero attached hydrogens (tertiary/aromatic N) is 2. The van der Waals surface area contributed by atoms with E-state index in [1.807, 2.05) is 11.8 Å². The molecule has 3 heterocycles. The first-order valence-electron chi connectivity index (χ1n) is 10.2. The predicted molar refractivity (Wildman–Crippen MR) is 105 cm³/mol. The van der Waals surface area contributed by atoms with Gasteiger partial charge in [-0.15, -0.1) is 0 Å². The molecule has 0 amide bonds. The molecule has 2 aliphatic heterocycles. The normalized spacial score (nSPS) is 19.1. The van der Waals surface area contributed by atoms with Crippen LogP contribution in [-0.2, 0) is 22.4 Å². The van der Waals surface area contributed by atoms with Crippen LogP contribution in [0, 0.1) is 5.41 Å².